The zero-order valence-corrected chi connectivity index (χ0v) is 14.9. The molecule has 1 N–H and O–H groups in total. The fraction of sp³-hybridized carbons (Fsp3) is 0.118. The summed E-state index contributed by atoms with van der Waals surface area (Å²) in [6.45, 7) is 0.497. The summed E-state index contributed by atoms with van der Waals surface area (Å²) in [7, 11) is -3.18. The highest BCUT2D eigenvalue weighted by Crippen LogP contribution is 2.30. The van der Waals surface area contributed by atoms with E-state index in [-0.39, 0.29) is 0 Å². The number of aromatic nitrogens is 1. The first-order valence-electron chi connectivity index (χ1n) is 7.33. The number of anilines is 1. The molecule has 0 bridgehead atoms. The molecule has 0 unspecified atom stereocenters. The van der Waals surface area contributed by atoms with Gasteiger partial charge in [-0.25, -0.2) is 4.98 Å². The molecule has 130 valence electrons. The number of hydrogen-bond donors (Lipinski definition) is 1. The normalized spacial score (nSPS) is 11.3. The van der Waals surface area contributed by atoms with E-state index in [1.165, 1.54) is 12.3 Å². The molecule has 0 aliphatic carbocycles. The van der Waals surface area contributed by atoms with Crippen LogP contribution in [0.1, 0.15) is 4.88 Å². The molecule has 1 aromatic carbocycles. The predicted molar refractivity (Wildman–Crippen MR) is 96.2 cm³/mol. The first-order valence-corrected chi connectivity index (χ1v) is 9.53. The predicted octanol–water partition coefficient (Wildman–Crippen LogP) is 4.09. The second-order valence-corrected chi connectivity index (χ2v) is 7.63. The van der Waals surface area contributed by atoms with Crippen LogP contribution in [0.2, 0.25) is 0 Å². The maximum absolute atomic E-state index is 13.0. The zero-order chi connectivity index (χ0) is 17.9. The SMILES string of the molecule is COc1ccc(-c2ccc(CNc3ccnc(S(=O)(=O)F)c3)s2)cc1. The molecule has 3 aromatic rings. The van der Waals surface area contributed by atoms with E-state index in [9.17, 15) is 12.3 Å². The van der Waals surface area contributed by atoms with Crippen molar-refractivity contribution < 1.29 is 17.0 Å². The average molecular weight is 378 g/mol. The number of pyridine rings is 1. The fourth-order valence-electron chi connectivity index (χ4n) is 2.23. The maximum atomic E-state index is 13.0. The number of methoxy groups -OCH3 is 1. The summed E-state index contributed by atoms with van der Waals surface area (Å²) in [4.78, 5) is 5.69. The van der Waals surface area contributed by atoms with Crippen molar-refractivity contribution in [2.45, 2.75) is 11.6 Å². The third-order valence-electron chi connectivity index (χ3n) is 3.49. The highest BCUT2D eigenvalue weighted by Gasteiger charge is 2.14. The molecule has 3 rings (SSSR count). The van der Waals surface area contributed by atoms with Gasteiger partial charge in [-0.3, -0.25) is 0 Å². The van der Waals surface area contributed by atoms with E-state index in [1.54, 1.807) is 24.5 Å². The number of thiophene rings is 1. The van der Waals surface area contributed by atoms with Crippen molar-refractivity contribution in [2.24, 2.45) is 0 Å². The fourth-order valence-corrected chi connectivity index (χ4v) is 3.63. The van der Waals surface area contributed by atoms with Gasteiger partial charge < -0.3 is 10.1 Å². The number of benzene rings is 1. The molecule has 0 amide bonds. The van der Waals surface area contributed by atoms with E-state index in [0.29, 0.717) is 12.2 Å². The minimum Gasteiger partial charge on any atom is -0.497 e. The minimum absolute atomic E-state index is 0.491. The van der Waals surface area contributed by atoms with Crippen LogP contribution in [0.4, 0.5) is 9.57 Å². The molecule has 0 atom stereocenters. The Bertz CT molecular complexity index is 970. The molecule has 0 saturated carbocycles. The average Bonchev–Trinajstić information content (AvgIpc) is 3.08. The molecule has 0 radical (unpaired) electrons. The van der Waals surface area contributed by atoms with Gasteiger partial charge in [0.15, 0.2) is 5.03 Å². The van der Waals surface area contributed by atoms with E-state index in [4.69, 9.17) is 4.74 Å². The summed E-state index contributed by atoms with van der Waals surface area (Å²) in [5.41, 5.74) is 1.58. The van der Waals surface area contributed by atoms with Crippen LogP contribution in [0.15, 0.2) is 59.8 Å². The first kappa shape index (κ1) is 17.4. The molecule has 0 fully saturated rings. The molecule has 0 spiro atoms. The third kappa shape index (κ3) is 4.34. The topological polar surface area (TPSA) is 68.3 Å². The Morgan fingerprint density at radius 2 is 1.92 bits per heavy atom. The van der Waals surface area contributed by atoms with Crippen LogP contribution >= 0.6 is 11.3 Å². The van der Waals surface area contributed by atoms with Crippen molar-refractivity contribution in [1.29, 1.82) is 0 Å². The van der Waals surface area contributed by atoms with Crippen LogP contribution in [0.3, 0.4) is 0 Å². The van der Waals surface area contributed by atoms with E-state index in [1.807, 2.05) is 36.4 Å². The van der Waals surface area contributed by atoms with Crippen molar-refractivity contribution in [1.82, 2.24) is 4.98 Å². The van der Waals surface area contributed by atoms with Crippen LogP contribution < -0.4 is 10.1 Å². The standard InChI is InChI=1S/C17H15FN2O3S2/c1-23-14-4-2-12(3-5-14)16-7-6-15(24-16)11-20-13-8-9-19-17(10-13)25(18,21)22/h2-10H,11H2,1H3,(H,19,20). The number of halogens is 1. The monoisotopic (exact) mass is 378 g/mol. The van der Waals surface area contributed by atoms with Crippen molar-refractivity contribution in [2.75, 3.05) is 12.4 Å². The van der Waals surface area contributed by atoms with Gasteiger partial charge >= 0.3 is 10.2 Å². The molecular weight excluding hydrogens is 363 g/mol. The minimum atomic E-state index is -4.80. The number of nitrogens with one attached hydrogen (secondary N) is 1. The molecule has 0 aliphatic heterocycles. The van der Waals surface area contributed by atoms with Crippen molar-refractivity contribution in [3.05, 3.63) is 59.6 Å². The smallest absolute Gasteiger partial charge is 0.349 e. The summed E-state index contributed by atoms with van der Waals surface area (Å²) in [5, 5.41) is 2.48. The Hall–Kier alpha value is -2.45. The lowest BCUT2D eigenvalue weighted by atomic mass is 10.2. The van der Waals surface area contributed by atoms with Crippen LogP contribution in [0.25, 0.3) is 10.4 Å². The van der Waals surface area contributed by atoms with Crippen molar-refractivity contribution in [3.8, 4) is 16.2 Å². The van der Waals surface area contributed by atoms with Crippen LogP contribution in [-0.2, 0) is 16.8 Å². The van der Waals surface area contributed by atoms with Gasteiger partial charge in [-0.1, -0.05) is 3.89 Å². The van der Waals surface area contributed by atoms with E-state index >= 15 is 0 Å². The summed E-state index contributed by atoms with van der Waals surface area (Å²) in [5.74, 6) is 0.804. The number of ether oxygens (including phenoxy) is 1. The number of hydrogen-bond acceptors (Lipinski definition) is 6. The lowest BCUT2D eigenvalue weighted by molar-refractivity contribution is 0.415. The Kier molecular flexibility index (Phi) is 5.00. The largest absolute Gasteiger partial charge is 0.497 e. The Labute approximate surface area is 149 Å². The molecule has 0 aliphatic rings. The molecular formula is C17H15FN2O3S2. The van der Waals surface area contributed by atoms with E-state index in [2.05, 4.69) is 10.3 Å². The van der Waals surface area contributed by atoms with E-state index < -0.39 is 15.2 Å². The van der Waals surface area contributed by atoms with Gasteiger partial charge in [0, 0.05) is 34.2 Å². The van der Waals surface area contributed by atoms with Gasteiger partial charge in [0.2, 0.25) is 0 Å². The Morgan fingerprint density at radius 3 is 2.60 bits per heavy atom. The second kappa shape index (κ2) is 7.20. The molecule has 25 heavy (non-hydrogen) atoms. The third-order valence-corrected chi connectivity index (χ3v) is 5.34. The van der Waals surface area contributed by atoms with Gasteiger partial charge in [0.05, 0.1) is 7.11 Å². The zero-order valence-electron chi connectivity index (χ0n) is 13.3. The van der Waals surface area contributed by atoms with Crippen LogP contribution in [-0.4, -0.2) is 20.5 Å². The highest BCUT2D eigenvalue weighted by atomic mass is 32.3. The van der Waals surface area contributed by atoms with E-state index in [0.717, 1.165) is 21.1 Å². The Balaban J connectivity index is 1.69. The summed E-state index contributed by atoms with van der Waals surface area (Å²) < 4.78 is 39.9. The van der Waals surface area contributed by atoms with Gasteiger partial charge in [-0.2, -0.15) is 8.42 Å². The van der Waals surface area contributed by atoms with Gasteiger partial charge in [-0.15, -0.1) is 11.3 Å². The molecule has 2 aromatic heterocycles. The van der Waals surface area contributed by atoms with Gasteiger partial charge in [0.25, 0.3) is 0 Å². The van der Waals surface area contributed by atoms with Crippen molar-refractivity contribution >= 4 is 27.2 Å². The Morgan fingerprint density at radius 1 is 1.16 bits per heavy atom. The molecule has 2 heterocycles. The summed E-state index contributed by atoms with van der Waals surface area (Å²) in [6.07, 6.45) is 1.26. The summed E-state index contributed by atoms with van der Waals surface area (Å²) in [6, 6.07) is 14.6. The van der Waals surface area contributed by atoms with Crippen LogP contribution in [0.5, 0.6) is 5.75 Å². The molecule has 8 heteroatoms. The first-order chi connectivity index (χ1) is 12.0. The van der Waals surface area contributed by atoms with Gasteiger partial charge in [-0.05, 0) is 48.0 Å². The molecule has 0 saturated heterocycles. The van der Waals surface area contributed by atoms with Crippen LogP contribution in [0, 0.1) is 0 Å². The van der Waals surface area contributed by atoms with Gasteiger partial charge in [0.1, 0.15) is 5.75 Å². The quantitative estimate of drug-likeness (QED) is 0.655. The summed E-state index contributed by atoms with van der Waals surface area (Å²) >= 11 is 1.62. The van der Waals surface area contributed by atoms with Crippen molar-refractivity contribution in [3.63, 3.8) is 0 Å². The number of nitrogens with zero attached hydrogens (tertiary/aromatic N) is 1. The lowest BCUT2D eigenvalue weighted by Crippen LogP contribution is -2.01. The maximum Gasteiger partial charge on any atom is 0.349 e. The molecule has 5 nitrogen and oxygen atoms in total. The number of rotatable bonds is 6. The highest BCUT2D eigenvalue weighted by molar-refractivity contribution is 7.86. The second-order valence-electron chi connectivity index (χ2n) is 5.17. The lowest BCUT2D eigenvalue weighted by Gasteiger charge is -2.05.